The number of carbonyl (C=O) groups is 1. The van der Waals surface area contributed by atoms with Gasteiger partial charge in [0.1, 0.15) is 17.3 Å². The van der Waals surface area contributed by atoms with Gasteiger partial charge in [-0.15, -0.1) is 0 Å². The molecule has 0 saturated carbocycles. The first-order chi connectivity index (χ1) is 14.4. The largest absolute Gasteiger partial charge is 0.471 e. The van der Waals surface area contributed by atoms with Crippen LogP contribution in [0.4, 0.5) is 4.39 Å². The predicted molar refractivity (Wildman–Crippen MR) is 114 cm³/mol. The van der Waals surface area contributed by atoms with Crippen molar-refractivity contribution in [3.05, 3.63) is 83.4 Å². The van der Waals surface area contributed by atoms with E-state index in [2.05, 4.69) is 10.4 Å². The number of benzene rings is 2. The highest BCUT2D eigenvalue weighted by Crippen LogP contribution is 2.19. The summed E-state index contributed by atoms with van der Waals surface area (Å²) in [5.74, 6) is 0.195. The fraction of sp³-hybridized carbons (Fsp3) is 0.304. The maximum absolute atomic E-state index is 13.3. The molecule has 3 aromatic rings. The molecule has 1 heterocycles. The van der Waals surface area contributed by atoms with Crippen molar-refractivity contribution in [1.29, 1.82) is 0 Å². The molecule has 0 saturated heterocycles. The SMILES string of the molecule is Cc1ccccc1OCn1ccc(C(=O)N[C@@H](CCN(C)C)c2ccc(F)cc2)n1. The van der Waals surface area contributed by atoms with E-state index in [0.717, 1.165) is 23.4 Å². The predicted octanol–water partition coefficient (Wildman–Crippen LogP) is 3.79. The van der Waals surface area contributed by atoms with Gasteiger partial charge in [0.05, 0.1) is 6.04 Å². The number of hydrogen-bond acceptors (Lipinski definition) is 4. The Morgan fingerprint density at radius 3 is 2.60 bits per heavy atom. The molecule has 30 heavy (non-hydrogen) atoms. The number of nitrogens with one attached hydrogen (secondary N) is 1. The van der Waals surface area contributed by atoms with Crippen LogP contribution in [0.3, 0.4) is 0 Å². The van der Waals surface area contributed by atoms with Crippen molar-refractivity contribution in [2.75, 3.05) is 20.6 Å². The number of carbonyl (C=O) groups excluding carboxylic acids is 1. The Labute approximate surface area is 176 Å². The van der Waals surface area contributed by atoms with E-state index in [1.807, 2.05) is 50.2 Å². The Bertz CT molecular complexity index is 969. The zero-order valence-electron chi connectivity index (χ0n) is 17.5. The second kappa shape index (κ2) is 10.0. The third-order valence-electron chi connectivity index (χ3n) is 4.76. The molecule has 0 aliphatic rings. The molecule has 0 unspecified atom stereocenters. The van der Waals surface area contributed by atoms with Crippen molar-refractivity contribution in [1.82, 2.24) is 20.0 Å². The maximum Gasteiger partial charge on any atom is 0.272 e. The van der Waals surface area contributed by atoms with E-state index in [0.29, 0.717) is 12.1 Å². The summed E-state index contributed by atoms with van der Waals surface area (Å²) in [7, 11) is 3.94. The van der Waals surface area contributed by atoms with Crippen LogP contribution in [0.25, 0.3) is 0 Å². The van der Waals surface area contributed by atoms with E-state index < -0.39 is 0 Å². The fourth-order valence-corrected chi connectivity index (χ4v) is 3.05. The van der Waals surface area contributed by atoms with Crippen molar-refractivity contribution in [2.24, 2.45) is 0 Å². The first-order valence-electron chi connectivity index (χ1n) is 9.85. The normalized spacial score (nSPS) is 12.0. The lowest BCUT2D eigenvalue weighted by Gasteiger charge is -2.21. The number of aromatic nitrogens is 2. The number of rotatable bonds is 9. The van der Waals surface area contributed by atoms with Gasteiger partial charge in [-0.05, 0) is 69.4 Å². The molecule has 3 rings (SSSR count). The molecule has 7 heteroatoms. The highest BCUT2D eigenvalue weighted by Gasteiger charge is 2.18. The zero-order valence-corrected chi connectivity index (χ0v) is 17.5. The number of amides is 1. The lowest BCUT2D eigenvalue weighted by atomic mass is 10.0. The summed E-state index contributed by atoms with van der Waals surface area (Å²) >= 11 is 0. The van der Waals surface area contributed by atoms with Gasteiger partial charge in [-0.1, -0.05) is 30.3 Å². The minimum atomic E-state index is -0.302. The molecule has 0 spiro atoms. The molecule has 2 aromatic carbocycles. The second-order valence-corrected chi connectivity index (χ2v) is 7.45. The standard InChI is InChI=1S/C23H27FN4O2/c1-17-6-4-5-7-22(17)30-16-28-15-13-21(26-28)23(29)25-20(12-14-27(2)3)18-8-10-19(24)11-9-18/h4-11,13,15,20H,12,14,16H2,1-3H3,(H,25,29)/t20-/m0/s1. The van der Waals surface area contributed by atoms with Gasteiger partial charge >= 0.3 is 0 Å². The summed E-state index contributed by atoms with van der Waals surface area (Å²) < 4.78 is 20.6. The molecule has 6 nitrogen and oxygen atoms in total. The summed E-state index contributed by atoms with van der Waals surface area (Å²) in [5, 5.41) is 7.34. The number of nitrogens with zero attached hydrogens (tertiary/aromatic N) is 3. The highest BCUT2D eigenvalue weighted by molar-refractivity contribution is 5.92. The number of halogens is 1. The molecule has 1 atom stereocenters. The minimum absolute atomic E-state index is 0.208. The van der Waals surface area contributed by atoms with E-state index in [4.69, 9.17) is 4.74 Å². The molecular weight excluding hydrogens is 383 g/mol. The van der Waals surface area contributed by atoms with Crippen LogP contribution in [0, 0.1) is 12.7 Å². The van der Waals surface area contributed by atoms with Crippen LogP contribution in [-0.2, 0) is 6.73 Å². The first kappa shape index (κ1) is 21.5. The number of para-hydroxylation sites is 1. The van der Waals surface area contributed by atoms with E-state index in [1.54, 1.807) is 29.1 Å². The van der Waals surface area contributed by atoms with Crippen molar-refractivity contribution in [3.8, 4) is 5.75 Å². The van der Waals surface area contributed by atoms with Gasteiger partial charge in [0.25, 0.3) is 5.91 Å². The van der Waals surface area contributed by atoms with Crippen LogP contribution >= 0.6 is 0 Å². The van der Waals surface area contributed by atoms with Gasteiger partial charge in [-0.3, -0.25) is 4.79 Å². The van der Waals surface area contributed by atoms with E-state index in [-0.39, 0.29) is 24.5 Å². The molecule has 158 valence electrons. The van der Waals surface area contributed by atoms with Gasteiger partial charge < -0.3 is 15.0 Å². The monoisotopic (exact) mass is 410 g/mol. The fourth-order valence-electron chi connectivity index (χ4n) is 3.05. The van der Waals surface area contributed by atoms with Crippen molar-refractivity contribution >= 4 is 5.91 Å². The summed E-state index contributed by atoms with van der Waals surface area (Å²) in [5.41, 5.74) is 2.19. The quantitative estimate of drug-likeness (QED) is 0.583. The van der Waals surface area contributed by atoms with Crippen LogP contribution in [0.1, 0.15) is 34.1 Å². The summed E-state index contributed by atoms with van der Waals surface area (Å²) in [6, 6.07) is 15.3. The molecule has 1 N–H and O–H groups in total. The lowest BCUT2D eigenvalue weighted by molar-refractivity contribution is 0.0925. The Morgan fingerprint density at radius 2 is 1.90 bits per heavy atom. The van der Waals surface area contributed by atoms with Crippen molar-refractivity contribution in [3.63, 3.8) is 0 Å². The zero-order chi connectivity index (χ0) is 21.5. The highest BCUT2D eigenvalue weighted by atomic mass is 19.1. The van der Waals surface area contributed by atoms with Crippen LogP contribution in [-0.4, -0.2) is 41.2 Å². The molecule has 0 aliphatic carbocycles. The van der Waals surface area contributed by atoms with Crippen LogP contribution < -0.4 is 10.1 Å². The summed E-state index contributed by atoms with van der Waals surface area (Å²) in [6.45, 7) is 2.96. The van der Waals surface area contributed by atoms with Crippen molar-refractivity contribution < 1.29 is 13.9 Å². The lowest BCUT2D eigenvalue weighted by Crippen LogP contribution is -2.31. The van der Waals surface area contributed by atoms with Gasteiger partial charge in [-0.25, -0.2) is 9.07 Å². The van der Waals surface area contributed by atoms with Crippen LogP contribution in [0.15, 0.2) is 60.8 Å². The molecule has 0 bridgehead atoms. The Balaban J connectivity index is 1.65. The Hall–Kier alpha value is -3.19. The van der Waals surface area contributed by atoms with Crippen molar-refractivity contribution in [2.45, 2.75) is 26.1 Å². The Morgan fingerprint density at radius 1 is 1.17 bits per heavy atom. The molecular formula is C23H27FN4O2. The molecule has 1 aromatic heterocycles. The average Bonchev–Trinajstić information content (AvgIpc) is 3.20. The maximum atomic E-state index is 13.3. The summed E-state index contributed by atoms with van der Waals surface area (Å²) in [4.78, 5) is 14.8. The third-order valence-corrected chi connectivity index (χ3v) is 4.76. The topological polar surface area (TPSA) is 59.4 Å². The molecule has 0 radical (unpaired) electrons. The van der Waals surface area contributed by atoms with Crippen LogP contribution in [0.2, 0.25) is 0 Å². The van der Waals surface area contributed by atoms with Gasteiger partial charge in [0, 0.05) is 6.20 Å². The molecule has 0 fully saturated rings. The number of hydrogen-bond donors (Lipinski definition) is 1. The average molecular weight is 410 g/mol. The molecule has 0 aliphatic heterocycles. The molecule has 1 amide bonds. The van der Waals surface area contributed by atoms with Crippen LogP contribution in [0.5, 0.6) is 5.75 Å². The Kier molecular flexibility index (Phi) is 7.19. The van der Waals surface area contributed by atoms with E-state index >= 15 is 0 Å². The minimum Gasteiger partial charge on any atom is -0.471 e. The van der Waals surface area contributed by atoms with E-state index in [9.17, 15) is 9.18 Å². The smallest absolute Gasteiger partial charge is 0.272 e. The number of aryl methyl sites for hydroxylation is 1. The third kappa shape index (κ3) is 5.90. The van der Waals surface area contributed by atoms with Gasteiger partial charge in [0.2, 0.25) is 0 Å². The van der Waals surface area contributed by atoms with E-state index in [1.165, 1.54) is 12.1 Å². The first-order valence-corrected chi connectivity index (χ1v) is 9.85. The van der Waals surface area contributed by atoms with Gasteiger partial charge in [0.15, 0.2) is 6.73 Å². The number of ether oxygens (including phenoxy) is 1. The second-order valence-electron chi connectivity index (χ2n) is 7.45. The van der Waals surface area contributed by atoms with Gasteiger partial charge in [-0.2, -0.15) is 5.10 Å². The summed E-state index contributed by atoms with van der Waals surface area (Å²) in [6.07, 6.45) is 2.40.